The lowest BCUT2D eigenvalue weighted by Gasteiger charge is -2.11. The zero-order chi connectivity index (χ0) is 13.0. The molecule has 0 rings (SSSR count). The van der Waals surface area contributed by atoms with Gasteiger partial charge in [0.05, 0.1) is 24.5 Å². The Morgan fingerprint density at radius 3 is 2.06 bits per heavy atom. The number of rotatable bonds is 6. The predicted molar refractivity (Wildman–Crippen MR) is 53.0 cm³/mol. The topological polar surface area (TPSA) is 135 Å². The molecule has 2 N–H and O–H groups in total. The minimum Gasteiger partial charge on any atom is -0.469 e. The first-order valence-electron chi connectivity index (χ1n) is 4.04. The van der Waals surface area contributed by atoms with Crippen molar-refractivity contribution >= 4 is 26.2 Å². The Hall–Kier alpha value is -0.710. The summed E-state index contributed by atoms with van der Waals surface area (Å²) in [4.78, 5) is 10.8. The molecule has 1 unspecified atom stereocenters. The molecular formula is C6H12O8S2. The molecule has 0 heterocycles. The average molecular weight is 276 g/mol. The van der Waals surface area contributed by atoms with E-state index in [-0.39, 0.29) is 0 Å². The molecule has 0 aliphatic heterocycles. The monoisotopic (exact) mass is 276 g/mol. The van der Waals surface area contributed by atoms with E-state index in [1.165, 1.54) is 0 Å². The van der Waals surface area contributed by atoms with Crippen molar-refractivity contribution in [3.63, 3.8) is 0 Å². The summed E-state index contributed by atoms with van der Waals surface area (Å²) in [6, 6.07) is 0. The van der Waals surface area contributed by atoms with Crippen LogP contribution in [-0.4, -0.2) is 50.0 Å². The van der Waals surface area contributed by atoms with Gasteiger partial charge in [0.25, 0.3) is 20.2 Å². The predicted octanol–water partition coefficient (Wildman–Crippen LogP) is -0.916. The van der Waals surface area contributed by atoms with Crippen molar-refractivity contribution in [2.24, 2.45) is 0 Å². The molecule has 0 bridgehead atoms. The summed E-state index contributed by atoms with van der Waals surface area (Å²) < 4.78 is 63.6. The van der Waals surface area contributed by atoms with Crippen molar-refractivity contribution in [2.75, 3.05) is 12.9 Å². The fourth-order valence-electron chi connectivity index (χ4n) is 0.906. The minimum absolute atomic E-state index is 0.591. The summed E-state index contributed by atoms with van der Waals surface area (Å²) in [6.07, 6.45) is -1.27. The normalized spacial score (nSPS) is 14.4. The molecule has 0 aromatic carbocycles. The maximum Gasteiger partial charge on any atom is 0.306 e. The van der Waals surface area contributed by atoms with Gasteiger partial charge in [0.15, 0.2) is 0 Å². The third-order valence-electron chi connectivity index (χ3n) is 1.74. The van der Waals surface area contributed by atoms with Crippen LogP contribution < -0.4 is 0 Å². The minimum atomic E-state index is -4.57. The van der Waals surface area contributed by atoms with Crippen LogP contribution in [-0.2, 0) is 29.8 Å². The highest BCUT2D eigenvalue weighted by Gasteiger charge is 2.27. The summed E-state index contributed by atoms with van der Waals surface area (Å²) in [5.41, 5.74) is 0. The third kappa shape index (κ3) is 6.71. The number of methoxy groups -OCH3 is 1. The van der Waals surface area contributed by atoms with Gasteiger partial charge in [-0.3, -0.25) is 13.9 Å². The van der Waals surface area contributed by atoms with Crippen LogP contribution in [0.5, 0.6) is 0 Å². The fraction of sp³-hybridized carbons (Fsp3) is 0.833. The van der Waals surface area contributed by atoms with Gasteiger partial charge in [-0.25, -0.2) is 0 Å². The molecular weight excluding hydrogens is 264 g/mol. The van der Waals surface area contributed by atoms with E-state index in [4.69, 9.17) is 9.11 Å². The SMILES string of the molecule is COC(=O)CC(CCS(=O)(=O)O)S(=O)(=O)O. The zero-order valence-electron chi connectivity index (χ0n) is 8.36. The highest BCUT2D eigenvalue weighted by Crippen LogP contribution is 2.11. The zero-order valence-corrected chi connectivity index (χ0v) is 9.99. The van der Waals surface area contributed by atoms with Crippen LogP contribution in [0, 0.1) is 0 Å². The lowest BCUT2D eigenvalue weighted by atomic mass is 10.2. The molecule has 1 atom stereocenters. The largest absolute Gasteiger partial charge is 0.469 e. The van der Waals surface area contributed by atoms with E-state index >= 15 is 0 Å². The summed E-state index contributed by atoms with van der Waals surface area (Å²) in [5.74, 6) is -1.77. The lowest BCUT2D eigenvalue weighted by Crippen LogP contribution is -2.27. The molecule has 0 saturated carbocycles. The number of carbonyl (C=O) groups excluding carboxylic acids is 1. The van der Waals surface area contributed by atoms with Crippen molar-refractivity contribution in [3.05, 3.63) is 0 Å². The lowest BCUT2D eigenvalue weighted by molar-refractivity contribution is -0.140. The van der Waals surface area contributed by atoms with Crippen LogP contribution in [0.15, 0.2) is 0 Å². The first-order chi connectivity index (χ1) is 7.06. The number of ether oxygens (including phenoxy) is 1. The van der Waals surface area contributed by atoms with Crippen LogP contribution in [0.2, 0.25) is 0 Å². The van der Waals surface area contributed by atoms with Crippen LogP contribution in [0.25, 0.3) is 0 Å². The molecule has 8 nitrogen and oxygen atoms in total. The van der Waals surface area contributed by atoms with Gasteiger partial charge < -0.3 is 4.74 Å². The van der Waals surface area contributed by atoms with Gasteiger partial charge in [-0.15, -0.1) is 0 Å². The van der Waals surface area contributed by atoms with E-state index in [9.17, 15) is 21.6 Å². The van der Waals surface area contributed by atoms with Crippen molar-refractivity contribution < 1.29 is 35.5 Å². The van der Waals surface area contributed by atoms with E-state index in [1.54, 1.807) is 0 Å². The Balaban J connectivity index is 4.65. The molecule has 0 amide bonds. The summed E-state index contributed by atoms with van der Waals surface area (Å²) in [7, 11) is -7.90. The Bertz CT molecular complexity index is 433. The third-order valence-corrected chi connectivity index (χ3v) is 3.74. The van der Waals surface area contributed by atoms with E-state index in [2.05, 4.69) is 4.74 Å². The maximum absolute atomic E-state index is 10.8. The van der Waals surface area contributed by atoms with Crippen molar-refractivity contribution in [1.29, 1.82) is 0 Å². The molecule has 96 valence electrons. The van der Waals surface area contributed by atoms with Crippen molar-refractivity contribution in [1.82, 2.24) is 0 Å². The van der Waals surface area contributed by atoms with Crippen molar-refractivity contribution in [3.8, 4) is 0 Å². The smallest absolute Gasteiger partial charge is 0.306 e. The van der Waals surface area contributed by atoms with Crippen LogP contribution in [0.1, 0.15) is 12.8 Å². The number of esters is 1. The quantitative estimate of drug-likeness (QED) is 0.470. The molecule has 16 heavy (non-hydrogen) atoms. The first kappa shape index (κ1) is 15.3. The molecule has 0 radical (unpaired) electrons. The van der Waals surface area contributed by atoms with Gasteiger partial charge in [0.2, 0.25) is 0 Å². The van der Waals surface area contributed by atoms with Crippen molar-refractivity contribution in [2.45, 2.75) is 18.1 Å². The maximum atomic E-state index is 10.8. The van der Waals surface area contributed by atoms with E-state index in [0.29, 0.717) is 0 Å². The number of hydrogen-bond acceptors (Lipinski definition) is 6. The number of carbonyl (C=O) groups is 1. The summed E-state index contributed by atoms with van der Waals surface area (Å²) in [5, 5.41) is -1.61. The summed E-state index contributed by atoms with van der Waals surface area (Å²) in [6.45, 7) is 0. The van der Waals surface area contributed by atoms with Gasteiger partial charge in [-0.05, 0) is 6.42 Å². The molecule has 0 aliphatic rings. The second kappa shape index (κ2) is 5.57. The number of hydrogen-bond donors (Lipinski definition) is 2. The van der Waals surface area contributed by atoms with Crippen LogP contribution >= 0.6 is 0 Å². The van der Waals surface area contributed by atoms with E-state index in [0.717, 1.165) is 7.11 Å². The standard InChI is InChI=1S/C6H12O8S2/c1-14-6(7)4-5(16(11,12)13)2-3-15(8,9)10/h5H,2-4H2,1H3,(H,8,9,10)(H,11,12,13). The average Bonchev–Trinajstić information content (AvgIpc) is 2.08. The van der Waals surface area contributed by atoms with Crippen LogP contribution in [0.4, 0.5) is 0 Å². The van der Waals surface area contributed by atoms with Gasteiger partial charge in [-0.2, -0.15) is 16.8 Å². The highest BCUT2D eigenvalue weighted by atomic mass is 32.2. The molecule has 0 saturated heterocycles. The van der Waals surface area contributed by atoms with E-state index < -0.39 is 50.0 Å². The second-order valence-electron chi connectivity index (χ2n) is 2.99. The second-order valence-corrected chi connectivity index (χ2v) is 6.26. The van der Waals surface area contributed by atoms with E-state index in [1.807, 2.05) is 0 Å². The van der Waals surface area contributed by atoms with Gasteiger partial charge in [0, 0.05) is 0 Å². The van der Waals surface area contributed by atoms with Gasteiger partial charge in [0.1, 0.15) is 0 Å². The first-order valence-corrected chi connectivity index (χ1v) is 7.16. The highest BCUT2D eigenvalue weighted by molar-refractivity contribution is 7.87. The Kier molecular flexibility index (Phi) is 5.32. The Morgan fingerprint density at radius 2 is 1.75 bits per heavy atom. The van der Waals surface area contributed by atoms with Crippen LogP contribution in [0.3, 0.4) is 0 Å². The fourth-order valence-corrected chi connectivity index (χ4v) is 2.40. The molecule has 0 aliphatic carbocycles. The summed E-state index contributed by atoms with van der Waals surface area (Å²) >= 11 is 0. The molecule has 10 heteroatoms. The van der Waals surface area contributed by atoms with Gasteiger partial charge in [-0.1, -0.05) is 0 Å². The molecule has 0 fully saturated rings. The Morgan fingerprint density at radius 1 is 1.25 bits per heavy atom. The Labute approximate surface area is 93.1 Å². The molecule has 0 spiro atoms. The molecule has 0 aromatic rings. The molecule has 0 aromatic heterocycles. The van der Waals surface area contributed by atoms with Gasteiger partial charge >= 0.3 is 5.97 Å².